The molecule has 2 heterocycles. The summed E-state index contributed by atoms with van der Waals surface area (Å²) in [5, 5.41) is -0.0778. The minimum Gasteiger partial charge on any atom is -0.334 e. The summed E-state index contributed by atoms with van der Waals surface area (Å²) in [6, 6.07) is 0. The second kappa shape index (κ2) is 5.76. The van der Waals surface area contributed by atoms with Gasteiger partial charge < -0.3 is 4.57 Å². The molecule has 0 aliphatic heterocycles. The first kappa shape index (κ1) is 14.7. The van der Waals surface area contributed by atoms with Crippen LogP contribution in [0.1, 0.15) is 19.2 Å². The average molecular weight is 316 g/mol. The highest BCUT2D eigenvalue weighted by molar-refractivity contribution is 7.92. The first-order valence-corrected chi connectivity index (χ1v) is 7.83. The van der Waals surface area contributed by atoms with E-state index in [1.807, 2.05) is 6.92 Å². The van der Waals surface area contributed by atoms with Crippen LogP contribution < -0.4 is 4.72 Å². The first-order valence-electron chi connectivity index (χ1n) is 5.97. The molecule has 0 bridgehead atoms. The Hall–Kier alpha value is -1.67. The van der Waals surface area contributed by atoms with Crippen molar-refractivity contribution in [3.05, 3.63) is 29.6 Å². The predicted molar refractivity (Wildman–Crippen MR) is 75.1 cm³/mol. The van der Waals surface area contributed by atoms with Crippen molar-refractivity contribution >= 4 is 27.4 Å². The van der Waals surface area contributed by atoms with Gasteiger partial charge in [0.15, 0.2) is 16.0 Å². The number of aryl methyl sites for hydroxylation is 2. The Balaban J connectivity index is 2.31. The Labute approximate surface area is 122 Å². The van der Waals surface area contributed by atoms with E-state index in [0.717, 1.165) is 6.42 Å². The van der Waals surface area contributed by atoms with E-state index in [4.69, 9.17) is 11.6 Å². The number of sulfonamides is 1. The number of imidazole rings is 1. The molecule has 0 saturated carbocycles. The van der Waals surface area contributed by atoms with Crippen molar-refractivity contribution in [3.63, 3.8) is 0 Å². The smallest absolute Gasteiger partial charge is 0.282 e. The topological polar surface area (TPSA) is 89.8 Å². The van der Waals surface area contributed by atoms with E-state index in [0.29, 0.717) is 12.4 Å². The zero-order chi connectivity index (χ0) is 14.8. The summed E-state index contributed by atoms with van der Waals surface area (Å²) in [5.74, 6) is 0.620. The van der Waals surface area contributed by atoms with E-state index in [1.54, 1.807) is 11.5 Å². The van der Waals surface area contributed by atoms with Gasteiger partial charge in [0.25, 0.3) is 10.0 Å². The third kappa shape index (κ3) is 3.07. The van der Waals surface area contributed by atoms with Crippen LogP contribution in [0.5, 0.6) is 0 Å². The number of hydrogen-bond donors (Lipinski definition) is 1. The molecule has 0 spiro atoms. The van der Waals surface area contributed by atoms with Crippen LogP contribution in [0.3, 0.4) is 0 Å². The molecule has 0 aliphatic carbocycles. The van der Waals surface area contributed by atoms with Gasteiger partial charge in [-0.25, -0.2) is 15.0 Å². The van der Waals surface area contributed by atoms with Crippen LogP contribution in [0.15, 0.2) is 23.6 Å². The zero-order valence-electron chi connectivity index (χ0n) is 11.0. The summed E-state index contributed by atoms with van der Waals surface area (Å²) in [6.07, 6.45) is 5.11. The molecular weight excluding hydrogens is 302 g/mol. The van der Waals surface area contributed by atoms with Crippen molar-refractivity contribution < 1.29 is 8.42 Å². The molecule has 0 aliphatic rings. The largest absolute Gasteiger partial charge is 0.334 e. The van der Waals surface area contributed by atoms with Gasteiger partial charge in [-0.15, -0.1) is 0 Å². The lowest BCUT2D eigenvalue weighted by atomic mass is 10.5. The SMILES string of the molecule is CCCn1cc(S(=O)(=O)Nc2nccnc2Cl)nc1C. The zero-order valence-corrected chi connectivity index (χ0v) is 12.6. The molecule has 9 heteroatoms. The Morgan fingerprint density at radius 2 is 2.05 bits per heavy atom. The minimum absolute atomic E-state index is 0.0132. The monoisotopic (exact) mass is 315 g/mol. The molecule has 1 N–H and O–H groups in total. The van der Waals surface area contributed by atoms with Gasteiger partial charge in [0.1, 0.15) is 5.82 Å². The molecule has 0 fully saturated rings. The van der Waals surface area contributed by atoms with Crippen LogP contribution in [-0.2, 0) is 16.6 Å². The van der Waals surface area contributed by atoms with Gasteiger partial charge in [-0.05, 0) is 13.3 Å². The Morgan fingerprint density at radius 1 is 1.35 bits per heavy atom. The lowest BCUT2D eigenvalue weighted by Crippen LogP contribution is -2.15. The van der Waals surface area contributed by atoms with E-state index < -0.39 is 10.0 Å². The summed E-state index contributed by atoms with van der Waals surface area (Å²) < 4.78 is 28.5. The Morgan fingerprint density at radius 3 is 2.70 bits per heavy atom. The molecule has 0 radical (unpaired) electrons. The number of hydrogen-bond acceptors (Lipinski definition) is 5. The molecule has 0 amide bonds. The molecule has 108 valence electrons. The maximum Gasteiger partial charge on any atom is 0.282 e. The molecule has 0 unspecified atom stereocenters. The lowest BCUT2D eigenvalue weighted by molar-refractivity contribution is 0.597. The molecule has 2 rings (SSSR count). The van der Waals surface area contributed by atoms with Gasteiger partial charge in [0, 0.05) is 25.1 Å². The maximum atomic E-state index is 12.2. The van der Waals surface area contributed by atoms with Crippen LogP contribution in [0, 0.1) is 6.92 Å². The van der Waals surface area contributed by atoms with E-state index in [9.17, 15) is 8.42 Å². The fraction of sp³-hybridized carbons (Fsp3) is 0.364. The summed E-state index contributed by atoms with van der Waals surface area (Å²) in [7, 11) is -3.82. The summed E-state index contributed by atoms with van der Waals surface area (Å²) in [5.41, 5.74) is 0. The molecule has 0 atom stereocenters. The van der Waals surface area contributed by atoms with Crippen LogP contribution in [0.25, 0.3) is 0 Å². The molecule has 2 aromatic heterocycles. The van der Waals surface area contributed by atoms with Crippen molar-refractivity contribution in [2.45, 2.75) is 31.8 Å². The second-order valence-corrected chi connectivity index (χ2v) is 6.11. The lowest BCUT2D eigenvalue weighted by Gasteiger charge is -2.05. The molecular formula is C11H14ClN5O2S. The van der Waals surface area contributed by atoms with Crippen LogP contribution in [-0.4, -0.2) is 27.9 Å². The van der Waals surface area contributed by atoms with Gasteiger partial charge in [0.2, 0.25) is 0 Å². The number of aromatic nitrogens is 4. The van der Waals surface area contributed by atoms with E-state index >= 15 is 0 Å². The van der Waals surface area contributed by atoms with Gasteiger partial charge in [-0.3, -0.25) is 4.72 Å². The highest BCUT2D eigenvalue weighted by atomic mass is 35.5. The second-order valence-electron chi connectivity index (χ2n) is 4.12. The van der Waals surface area contributed by atoms with Crippen molar-refractivity contribution in [3.8, 4) is 0 Å². The fourth-order valence-corrected chi connectivity index (χ4v) is 2.88. The Bertz CT molecular complexity index is 713. The van der Waals surface area contributed by atoms with Crippen molar-refractivity contribution in [2.75, 3.05) is 4.72 Å². The Kier molecular flexibility index (Phi) is 4.24. The third-order valence-corrected chi connectivity index (χ3v) is 4.06. The van der Waals surface area contributed by atoms with E-state index in [1.165, 1.54) is 18.6 Å². The fourth-order valence-electron chi connectivity index (χ4n) is 1.65. The molecule has 2 aromatic rings. The number of halogens is 1. The standard InChI is InChI=1S/C11H14ClN5O2S/c1-3-6-17-7-9(15-8(17)2)20(18,19)16-11-10(12)13-4-5-14-11/h4-5,7H,3,6H2,1-2H3,(H,14,16). The highest BCUT2D eigenvalue weighted by Crippen LogP contribution is 2.19. The quantitative estimate of drug-likeness (QED) is 0.909. The number of rotatable bonds is 5. The van der Waals surface area contributed by atoms with Crippen LogP contribution in [0.4, 0.5) is 5.82 Å². The molecule has 7 nitrogen and oxygen atoms in total. The first-order chi connectivity index (χ1) is 9.44. The van der Waals surface area contributed by atoms with Gasteiger partial charge in [-0.1, -0.05) is 18.5 Å². The number of nitrogens with one attached hydrogen (secondary N) is 1. The predicted octanol–water partition coefficient (Wildman–Crippen LogP) is 1.85. The van der Waals surface area contributed by atoms with Gasteiger partial charge in [-0.2, -0.15) is 8.42 Å². The summed E-state index contributed by atoms with van der Waals surface area (Å²) >= 11 is 5.78. The van der Waals surface area contributed by atoms with Gasteiger partial charge >= 0.3 is 0 Å². The minimum atomic E-state index is -3.82. The third-order valence-electron chi connectivity index (χ3n) is 2.58. The van der Waals surface area contributed by atoms with E-state index in [2.05, 4.69) is 19.7 Å². The average Bonchev–Trinajstić information content (AvgIpc) is 2.75. The van der Waals surface area contributed by atoms with Crippen molar-refractivity contribution in [2.24, 2.45) is 0 Å². The van der Waals surface area contributed by atoms with Gasteiger partial charge in [0.05, 0.1) is 0 Å². The molecule has 0 aromatic carbocycles. The normalized spacial score (nSPS) is 11.6. The van der Waals surface area contributed by atoms with Crippen molar-refractivity contribution in [1.82, 2.24) is 19.5 Å². The van der Waals surface area contributed by atoms with Crippen LogP contribution in [0.2, 0.25) is 5.15 Å². The maximum absolute atomic E-state index is 12.2. The highest BCUT2D eigenvalue weighted by Gasteiger charge is 2.21. The summed E-state index contributed by atoms with van der Waals surface area (Å²) in [4.78, 5) is 11.6. The van der Waals surface area contributed by atoms with E-state index in [-0.39, 0.29) is 16.0 Å². The number of nitrogens with zero attached hydrogens (tertiary/aromatic N) is 4. The molecule has 0 saturated heterocycles. The van der Waals surface area contributed by atoms with Crippen molar-refractivity contribution in [1.29, 1.82) is 0 Å². The summed E-state index contributed by atoms with van der Waals surface area (Å²) in [6.45, 7) is 4.47. The molecule has 20 heavy (non-hydrogen) atoms. The van der Waals surface area contributed by atoms with Crippen LogP contribution >= 0.6 is 11.6 Å². The number of anilines is 1.